The smallest absolute Gasteiger partial charge is 0.253 e. The number of aromatic nitrogens is 2. The Hall–Kier alpha value is -2.37. The molecule has 1 atom stereocenters. The van der Waals surface area contributed by atoms with E-state index in [0.717, 1.165) is 10.9 Å². The molecule has 0 spiro atoms. The molecule has 1 aromatic carbocycles. The molecule has 0 bridgehead atoms. The summed E-state index contributed by atoms with van der Waals surface area (Å²) in [5, 5.41) is 10.3. The van der Waals surface area contributed by atoms with Crippen molar-refractivity contribution in [2.45, 2.75) is 6.92 Å². The topological polar surface area (TPSA) is 78.1 Å². The fourth-order valence-corrected chi connectivity index (χ4v) is 2.11. The molecule has 106 valence electrons. The Morgan fingerprint density at radius 2 is 2.20 bits per heavy atom. The normalized spacial score (nSPS) is 12.2. The fourth-order valence-electron chi connectivity index (χ4n) is 2.11. The van der Waals surface area contributed by atoms with Crippen LogP contribution in [0, 0.1) is 5.92 Å². The summed E-state index contributed by atoms with van der Waals surface area (Å²) in [7, 11) is 3.28. The molecule has 20 heavy (non-hydrogen) atoms. The minimum absolute atomic E-state index is 0.0753. The Morgan fingerprint density at radius 3 is 2.90 bits per heavy atom. The number of fused-ring (bicyclic) bond motifs is 1. The zero-order chi connectivity index (χ0) is 14.7. The first kappa shape index (κ1) is 14.0. The average molecular weight is 274 g/mol. The molecule has 6 nitrogen and oxygen atoms in total. The van der Waals surface area contributed by atoms with E-state index in [2.05, 4.69) is 15.5 Å². The van der Waals surface area contributed by atoms with E-state index < -0.39 is 0 Å². The second kappa shape index (κ2) is 5.73. The van der Waals surface area contributed by atoms with Gasteiger partial charge in [0.25, 0.3) is 5.91 Å². The number of H-pyrrole nitrogens is 1. The predicted molar refractivity (Wildman–Crippen MR) is 76.3 cm³/mol. The number of hydrogen-bond acceptors (Lipinski definition) is 3. The van der Waals surface area contributed by atoms with E-state index in [1.165, 1.54) is 0 Å². The van der Waals surface area contributed by atoms with Crippen molar-refractivity contribution in [3.8, 4) is 0 Å². The van der Waals surface area contributed by atoms with Crippen molar-refractivity contribution in [3.05, 3.63) is 30.0 Å². The predicted octanol–water partition coefficient (Wildman–Crippen LogP) is 1.02. The lowest BCUT2D eigenvalue weighted by Crippen LogP contribution is -2.37. The molecule has 2 rings (SSSR count). The molecular weight excluding hydrogens is 256 g/mol. The van der Waals surface area contributed by atoms with Crippen molar-refractivity contribution in [3.63, 3.8) is 0 Å². The molecule has 0 radical (unpaired) electrons. The van der Waals surface area contributed by atoms with Crippen LogP contribution in [0.25, 0.3) is 10.9 Å². The Kier molecular flexibility index (Phi) is 4.02. The molecule has 6 heteroatoms. The van der Waals surface area contributed by atoms with Crippen LogP contribution in [-0.4, -0.2) is 47.6 Å². The van der Waals surface area contributed by atoms with Gasteiger partial charge >= 0.3 is 0 Å². The maximum absolute atomic E-state index is 12.3. The van der Waals surface area contributed by atoms with Gasteiger partial charge in [-0.1, -0.05) is 13.0 Å². The van der Waals surface area contributed by atoms with Crippen molar-refractivity contribution in [2.24, 2.45) is 5.92 Å². The van der Waals surface area contributed by atoms with Gasteiger partial charge in [0.15, 0.2) is 0 Å². The van der Waals surface area contributed by atoms with Crippen LogP contribution < -0.4 is 5.32 Å². The first-order chi connectivity index (χ1) is 9.52. The van der Waals surface area contributed by atoms with Gasteiger partial charge in [0.05, 0.1) is 17.6 Å². The van der Waals surface area contributed by atoms with Crippen LogP contribution in [0.2, 0.25) is 0 Å². The van der Waals surface area contributed by atoms with Gasteiger partial charge in [0.2, 0.25) is 5.91 Å². The second-order valence-corrected chi connectivity index (χ2v) is 4.87. The molecule has 0 saturated carbocycles. The monoisotopic (exact) mass is 274 g/mol. The highest BCUT2D eigenvalue weighted by atomic mass is 16.2. The number of carbonyl (C=O) groups is 2. The van der Waals surface area contributed by atoms with Crippen molar-refractivity contribution in [2.75, 3.05) is 20.6 Å². The Labute approximate surface area is 117 Å². The van der Waals surface area contributed by atoms with Gasteiger partial charge in [0.1, 0.15) is 0 Å². The molecule has 1 unspecified atom stereocenters. The molecule has 1 aromatic heterocycles. The summed E-state index contributed by atoms with van der Waals surface area (Å²) in [6, 6.07) is 5.38. The van der Waals surface area contributed by atoms with Gasteiger partial charge in [-0.25, -0.2) is 0 Å². The van der Waals surface area contributed by atoms with E-state index in [9.17, 15) is 9.59 Å². The first-order valence-corrected chi connectivity index (χ1v) is 6.43. The summed E-state index contributed by atoms with van der Waals surface area (Å²) >= 11 is 0. The number of nitrogens with one attached hydrogen (secondary N) is 2. The molecule has 0 saturated heterocycles. The van der Waals surface area contributed by atoms with Crippen molar-refractivity contribution in [1.82, 2.24) is 20.4 Å². The fraction of sp³-hybridized carbons (Fsp3) is 0.357. The van der Waals surface area contributed by atoms with Crippen molar-refractivity contribution in [1.29, 1.82) is 0 Å². The zero-order valence-corrected chi connectivity index (χ0v) is 11.8. The van der Waals surface area contributed by atoms with E-state index >= 15 is 0 Å². The molecule has 0 aliphatic carbocycles. The molecule has 2 aromatic rings. The SMILES string of the molecule is CNC(=O)C(C)CN(C)C(=O)c1ccc2cn[nH]c2c1. The van der Waals surface area contributed by atoms with Crippen LogP contribution in [0.1, 0.15) is 17.3 Å². The molecule has 0 aliphatic heterocycles. The third-order valence-corrected chi connectivity index (χ3v) is 3.28. The van der Waals surface area contributed by atoms with Crippen LogP contribution >= 0.6 is 0 Å². The van der Waals surface area contributed by atoms with Crippen LogP contribution in [-0.2, 0) is 4.79 Å². The minimum atomic E-state index is -0.246. The van der Waals surface area contributed by atoms with Gasteiger partial charge < -0.3 is 10.2 Å². The van der Waals surface area contributed by atoms with Gasteiger partial charge in [-0.2, -0.15) is 5.10 Å². The summed E-state index contributed by atoms with van der Waals surface area (Å²) in [5.74, 6) is -0.434. The largest absolute Gasteiger partial charge is 0.359 e. The molecule has 2 amide bonds. The standard InChI is InChI=1S/C14H18N4O2/c1-9(13(19)15-2)8-18(3)14(20)10-4-5-11-7-16-17-12(11)6-10/h4-7,9H,8H2,1-3H3,(H,15,19)(H,16,17). The van der Waals surface area contributed by atoms with Crippen molar-refractivity contribution < 1.29 is 9.59 Å². The van der Waals surface area contributed by atoms with E-state index in [4.69, 9.17) is 0 Å². The molecule has 0 fully saturated rings. The van der Waals surface area contributed by atoms with Crippen LogP contribution in [0.5, 0.6) is 0 Å². The lowest BCUT2D eigenvalue weighted by molar-refractivity contribution is -0.124. The summed E-state index contributed by atoms with van der Waals surface area (Å²) in [5.41, 5.74) is 1.40. The number of nitrogens with zero attached hydrogens (tertiary/aromatic N) is 2. The number of hydrogen-bond donors (Lipinski definition) is 2. The highest BCUT2D eigenvalue weighted by Gasteiger charge is 2.18. The third kappa shape index (κ3) is 2.79. The Balaban J connectivity index is 2.11. The van der Waals surface area contributed by atoms with E-state index in [0.29, 0.717) is 12.1 Å². The summed E-state index contributed by atoms with van der Waals surface area (Å²) in [4.78, 5) is 25.4. The average Bonchev–Trinajstić information content (AvgIpc) is 2.92. The van der Waals surface area contributed by atoms with Gasteiger partial charge in [-0.05, 0) is 12.1 Å². The number of rotatable bonds is 4. The van der Waals surface area contributed by atoms with E-state index in [1.807, 2.05) is 6.07 Å². The second-order valence-electron chi connectivity index (χ2n) is 4.87. The van der Waals surface area contributed by atoms with Crippen LogP contribution in [0.15, 0.2) is 24.4 Å². The lowest BCUT2D eigenvalue weighted by Gasteiger charge is -2.20. The highest BCUT2D eigenvalue weighted by Crippen LogP contribution is 2.14. The van der Waals surface area contributed by atoms with Crippen LogP contribution in [0.4, 0.5) is 0 Å². The number of carbonyl (C=O) groups excluding carboxylic acids is 2. The van der Waals surface area contributed by atoms with Crippen molar-refractivity contribution >= 4 is 22.7 Å². The third-order valence-electron chi connectivity index (χ3n) is 3.28. The number of amides is 2. The van der Waals surface area contributed by atoms with Gasteiger partial charge in [-0.3, -0.25) is 14.7 Å². The first-order valence-electron chi connectivity index (χ1n) is 6.43. The zero-order valence-electron chi connectivity index (χ0n) is 11.8. The molecular formula is C14H18N4O2. The Bertz CT molecular complexity index is 635. The quantitative estimate of drug-likeness (QED) is 0.873. The molecule has 1 heterocycles. The van der Waals surface area contributed by atoms with E-state index in [-0.39, 0.29) is 17.7 Å². The highest BCUT2D eigenvalue weighted by molar-refractivity contribution is 5.97. The number of benzene rings is 1. The lowest BCUT2D eigenvalue weighted by atomic mass is 10.1. The molecule has 2 N–H and O–H groups in total. The summed E-state index contributed by atoms with van der Waals surface area (Å²) in [6.07, 6.45) is 1.71. The minimum Gasteiger partial charge on any atom is -0.359 e. The maximum Gasteiger partial charge on any atom is 0.253 e. The summed E-state index contributed by atoms with van der Waals surface area (Å²) < 4.78 is 0. The van der Waals surface area contributed by atoms with E-state index in [1.54, 1.807) is 44.2 Å². The van der Waals surface area contributed by atoms with Gasteiger partial charge in [-0.15, -0.1) is 0 Å². The number of aromatic amines is 1. The van der Waals surface area contributed by atoms with Gasteiger partial charge in [0, 0.05) is 31.6 Å². The maximum atomic E-state index is 12.3. The Morgan fingerprint density at radius 1 is 1.45 bits per heavy atom. The summed E-state index contributed by atoms with van der Waals surface area (Å²) in [6.45, 7) is 2.17. The van der Waals surface area contributed by atoms with Crippen LogP contribution in [0.3, 0.4) is 0 Å². The molecule has 0 aliphatic rings.